The quantitative estimate of drug-likeness (QED) is 0.818. The summed E-state index contributed by atoms with van der Waals surface area (Å²) in [7, 11) is -1.21. The van der Waals surface area contributed by atoms with E-state index in [2.05, 4.69) is 23.7 Å². The highest BCUT2D eigenvalue weighted by atomic mass is 32.2. The lowest BCUT2D eigenvalue weighted by Crippen LogP contribution is -2.27. The Hall–Kier alpha value is -1.40. The Kier molecular flexibility index (Phi) is 4.55. The largest absolute Gasteiger partial charge is 0.430 e. The molecule has 2 N–H and O–H groups in total. The van der Waals surface area contributed by atoms with Crippen LogP contribution in [0, 0.1) is 0 Å². The van der Waals surface area contributed by atoms with Gasteiger partial charge in [0.15, 0.2) is 5.58 Å². The molecule has 1 atom stereocenters. The number of benzene rings is 1. The van der Waals surface area contributed by atoms with Crippen LogP contribution in [0.3, 0.4) is 0 Å². The van der Waals surface area contributed by atoms with Crippen molar-refractivity contribution in [3.8, 4) is 0 Å². The van der Waals surface area contributed by atoms with Gasteiger partial charge in [-0.2, -0.15) is 0 Å². The average Bonchev–Trinajstić information content (AvgIpc) is 2.82. The van der Waals surface area contributed by atoms with Crippen LogP contribution in [0.1, 0.15) is 13.8 Å². The summed E-state index contributed by atoms with van der Waals surface area (Å²) in [6, 6.07) is 5.24. The molecule has 0 fully saturated rings. The standard InChI is InChI=1S/C13H19N3O2S/c1-3-16(4-2)7-8-19(17)13-15-11-6-5-10(14)9-12(11)18-13/h5-6,9H,3-4,7-8,14H2,1-2H3. The Morgan fingerprint density at radius 3 is 2.79 bits per heavy atom. The molecule has 5 nitrogen and oxygen atoms in total. The normalized spacial score (nSPS) is 13.2. The van der Waals surface area contributed by atoms with Crippen molar-refractivity contribution in [1.29, 1.82) is 0 Å². The van der Waals surface area contributed by atoms with Crippen LogP contribution in [-0.2, 0) is 10.8 Å². The number of nitrogens with two attached hydrogens (primary N) is 1. The number of rotatable bonds is 6. The molecular formula is C13H19N3O2S. The first kappa shape index (κ1) is 14.0. The number of aromatic nitrogens is 1. The molecule has 104 valence electrons. The lowest BCUT2D eigenvalue weighted by Gasteiger charge is -2.16. The SMILES string of the molecule is CCN(CC)CCS(=O)c1nc2ccc(N)cc2o1. The molecule has 1 heterocycles. The van der Waals surface area contributed by atoms with Crippen molar-refractivity contribution in [2.75, 3.05) is 31.1 Å². The number of hydrogen-bond acceptors (Lipinski definition) is 5. The molecule has 0 spiro atoms. The molecule has 6 heteroatoms. The Morgan fingerprint density at radius 2 is 2.11 bits per heavy atom. The number of oxazole rings is 1. The molecule has 1 aromatic carbocycles. The van der Waals surface area contributed by atoms with Crippen molar-refractivity contribution in [1.82, 2.24) is 9.88 Å². The van der Waals surface area contributed by atoms with E-state index < -0.39 is 10.8 Å². The van der Waals surface area contributed by atoms with E-state index in [9.17, 15) is 4.21 Å². The van der Waals surface area contributed by atoms with Crippen LogP contribution in [0.2, 0.25) is 0 Å². The highest BCUT2D eigenvalue weighted by molar-refractivity contribution is 7.84. The molecule has 0 bridgehead atoms. The lowest BCUT2D eigenvalue weighted by molar-refractivity contribution is 0.322. The molecule has 0 saturated carbocycles. The highest BCUT2D eigenvalue weighted by Crippen LogP contribution is 2.20. The molecule has 0 saturated heterocycles. The maximum absolute atomic E-state index is 12.1. The topological polar surface area (TPSA) is 72.4 Å². The first-order valence-corrected chi connectivity index (χ1v) is 7.72. The Morgan fingerprint density at radius 1 is 1.37 bits per heavy atom. The van der Waals surface area contributed by atoms with Gasteiger partial charge in [0.1, 0.15) is 16.3 Å². The maximum atomic E-state index is 12.1. The van der Waals surface area contributed by atoms with Crippen LogP contribution >= 0.6 is 0 Å². The molecule has 1 aromatic heterocycles. The van der Waals surface area contributed by atoms with E-state index in [0.717, 1.165) is 19.6 Å². The van der Waals surface area contributed by atoms with E-state index in [1.54, 1.807) is 18.2 Å². The smallest absolute Gasteiger partial charge is 0.287 e. The summed E-state index contributed by atoms with van der Waals surface area (Å²) >= 11 is 0. The van der Waals surface area contributed by atoms with Crippen molar-refractivity contribution >= 4 is 27.6 Å². The predicted molar refractivity (Wildman–Crippen MR) is 77.5 cm³/mol. The van der Waals surface area contributed by atoms with E-state index >= 15 is 0 Å². The molecule has 0 aliphatic carbocycles. The van der Waals surface area contributed by atoms with E-state index in [1.807, 2.05) is 0 Å². The summed E-state index contributed by atoms with van der Waals surface area (Å²) in [5, 5.41) is 0.285. The van der Waals surface area contributed by atoms with Crippen molar-refractivity contribution in [3.63, 3.8) is 0 Å². The zero-order valence-electron chi connectivity index (χ0n) is 11.3. The zero-order chi connectivity index (χ0) is 13.8. The number of nitrogens with zero attached hydrogens (tertiary/aromatic N) is 2. The molecule has 1 unspecified atom stereocenters. The van der Waals surface area contributed by atoms with Gasteiger partial charge in [-0.05, 0) is 25.2 Å². The number of anilines is 1. The van der Waals surface area contributed by atoms with Crippen LogP contribution in [0.4, 0.5) is 5.69 Å². The van der Waals surface area contributed by atoms with Gasteiger partial charge < -0.3 is 15.1 Å². The fourth-order valence-electron chi connectivity index (χ4n) is 1.86. The van der Waals surface area contributed by atoms with Crippen molar-refractivity contribution < 1.29 is 8.63 Å². The van der Waals surface area contributed by atoms with Gasteiger partial charge in [-0.3, -0.25) is 0 Å². The molecule has 0 radical (unpaired) electrons. The third-order valence-corrected chi connectivity index (χ3v) is 4.19. The van der Waals surface area contributed by atoms with Crippen LogP contribution in [-0.4, -0.2) is 39.5 Å². The maximum Gasteiger partial charge on any atom is 0.287 e. The van der Waals surface area contributed by atoms with Gasteiger partial charge in [-0.15, -0.1) is 0 Å². The molecule has 2 rings (SSSR count). The lowest BCUT2D eigenvalue weighted by atomic mass is 10.3. The van der Waals surface area contributed by atoms with Gasteiger partial charge in [-0.25, -0.2) is 9.19 Å². The first-order valence-electron chi connectivity index (χ1n) is 6.40. The van der Waals surface area contributed by atoms with Crippen LogP contribution < -0.4 is 5.73 Å². The first-order chi connectivity index (χ1) is 9.13. The molecule has 0 amide bonds. The van der Waals surface area contributed by atoms with E-state index in [-0.39, 0.29) is 5.22 Å². The van der Waals surface area contributed by atoms with Gasteiger partial charge in [0.25, 0.3) is 5.22 Å². The fourth-order valence-corrected chi connectivity index (χ4v) is 2.84. The van der Waals surface area contributed by atoms with E-state index in [0.29, 0.717) is 22.5 Å². The summed E-state index contributed by atoms with van der Waals surface area (Å²) < 4.78 is 17.6. The van der Waals surface area contributed by atoms with Gasteiger partial charge in [0.2, 0.25) is 0 Å². The second-order valence-electron chi connectivity index (χ2n) is 4.28. The number of nitrogen functional groups attached to an aromatic ring is 1. The summed E-state index contributed by atoms with van der Waals surface area (Å²) in [4.78, 5) is 6.46. The minimum absolute atomic E-state index is 0.285. The van der Waals surface area contributed by atoms with Crippen molar-refractivity contribution in [2.45, 2.75) is 19.1 Å². The van der Waals surface area contributed by atoms with Crippen molar-refractivity contribution in [3.05, 3.63) is 18.2 Å². The molecule has 0 aliphatic heterocycles. The number of fused-ring (bicyclic) bond motifs is 1. The monoisotopic (exact) mass is 281 g/mol. The van der Waals surface area contributed by atoms with Crippen LogP contribution in [0.5, 0.6) is 0 Å². The third kappa shape index (κ3) is 3.33. The van der Waals surface area contributed by atoms with Gasteiger partial charge in [0, 0.05) is 24.1 Å². The highest BCUT2D eigenvalue weighted by Gasteiger charge is 2.13. The minimum atomic E-state index is -1.21. The van der Waals surface area contributed by atoms with Crippen molar-refractivity contribution in [2.24, 2.45) is 0 Å². The van der Waals surface area contributed by atoms with Gasteiger partial charge >= 0.3 is 0 Å². The minimum Gasteiger partial charge on any atom is -0.430 e. The predicted octanol–water partition coefficient (Wildman–Crippen LogP) is 1.86. The van der Waals surface area contributed by atoms with E-state index in [1.165, 1.54) is 0 Å². The Bertz CT molecular complexity index is 578. The molecular weight excluding hydrogens is 262 g/mol. The zero-order valence-corrected chi connectivity index (χ0v) is 12.1. The van der Waals surface area contributed by atoms with Crippen LogP contribution in [0.25, 0.3) is 11.1 Å². The van der Waals surface area contributed by atoms with Gasteiger partial charge in [-0.1, -0.05) is 13.8 Å². The third-order valence-electron chi connectivity index (χ3n) is 3.07. The number of hydrogen-bond donors (Lipinski definition) is 1. The summed E-state index contributed by atoms with van der Waals surface area (Å²) in [6.45, 7) is 6.87. The summed E-state index contributed by atoms with van der Waals surface area (Å²) in [5.74, 6) is 0.532. The Balaban J connectivity index is 2.09. The molecule has 2 aromatic rings. The van der Waals surface area contributed by atoms with E-state index in [4.69, 9.17) is 10.2 Å². The average molecular weight is 281 g/mol. The van der Waals surface area contributed by atoms with Gasteiger partial charge in [0.05, 0.1) is 0 Å². The summed E-state index contributed by atoms with van der Waals surface area (Å²) in [6.07, 6.45) is 0. The molecule has 19 heavy (non-hydrogen) atoms. The van der Waals surface area contributed by atoms with Crippen LogP contribution in [0.15, 0.2) is 27.8 Å². The molecule has 0 aliphatic rings. The fraction of sp³-hybridized carbons (Fsp3) is 0.462. The second-order valence-corrected chi connectivity index (χ2v) is 5.73. The Labute approximate surface area is 115 Å². The summed E-state index contributed by atoms with van der Waals surface area (Å²) in [5.41, 5.74) is 7.57. The second kappa shape index (κ2) is 6.16.